The summed E-state index contributed by atoms with van der Waals surface area (Å²) in [5, 5.41) is 11.7. The second-order valence-corrected chi connectivity index (χ2v) is 7.54. The molecule has 1 unspecified atom stereocenters. The molecule has 0 fully saturated rings. The molecule has 0 spiro atoms. The Bertz CT molecular complexity index is 716. The Kier molecular flexibility index (Phi) is 11.5. The number of guanidine groups is 1. The second kappa shape index (κ2) is 13.0. The van der Waals surface area contributed by atoms with E-state index in [2.05, 4.69) is 83.3 Å². The lowest BCUT2D eigenvalue weighted by atomic mass is 10.2. The lowest BCUT2D eigenvalue weighted by molar-refractivity contribution is 0.458. The standard InChI is InChI=1S/C20H32N6S.HI/c1-6-16(3)23-20(21-12-13-26-15-22-24-19(26)7-2)25(4)14-17-8-10-18(27-5)11-9-17;/h8-11,15-16H,6-7,12-14H2,1-5H3,(H,21,23);1H. The monoisotopic (exact) mass is 516 g/mol. The van der Waals surface area contributed by atoms with E-state index < -0.39 is 0 Å². The van der Waals surface area contributed by atoms with Gasteiger partial charge in [0.15, 0.2) is 5.96 Å². The molecule has 1 aromatic heterocycles. The molecule has 0 saturated heterocycles. The lowest BCUT2D eigenvalue weighted by Crippen LogP contribution is -2.43. The Morgan fingerprint density at radius 2 is 2.00 bits per heavy atom. The first-order valence-electron chi connectivity index (χ1n) is 9.59. The van der Waals surface area contributed by atoms with Gasteiger partial charge in [0.1, 0.15) is 12.2 Å². The van der Waals surface area contributed by atoms with Gasteiger partial charge in [0.05, 0.1) is 6.54 Å². The van der Waals surface area contributed by atoms with Gasteiger partial charge in [-0.1, -0.05) is 26.0 Å². The average Bonchev–Trinajstić information content (AvgIpc) is 3.15. The summed E-state index contributed by atoms with van der Waals surface area (Å²) in [5.74, 6) is 1.94. The lowest BCUT2D eigenvalue weighted by Gasteiger charge is -2.25. The maximum absolute atomic E-state index is 4.84. The summed E-state index contributed by atoms with van der Waals surface area (Å²) < 4.78 is 2.07. The largest absolute Gasteiger partial charge is 0.354 e. The fourth-order valence-corrected chi connectivity index (χ4v) is 3.09. The minimum Gasteiger partial charge on any atom is -0.354 e. The zero-order valence-corrected chi connectivity index (χ0v) is 20.7. The van der Waals surface area contributed by atoms with E-state index in [9.17, 15) is 0 Å². The fourth-order valence-electron chi connectivity index (χ4n) is 2.68. The molecule has 28 heavy (non-hydrogen) atoms. The van der Waals surface area contributed by atoms with E-state index in [-0.39, 0.29) is 24.0 Å². The number of hydrogen-bond acceptors (Lipinski definition) is 4. The average molecular weight is 516 g/mol. The van der Waals surface area contributed by atoms with Crippen LogP contribution in [-0.2, 0) is 19.5 Å². The molecule has 1 aromatic carbocycles. The number of thioether (sulfide) groups is 1. The first-order valence-corrected chi connectivity index (χ1v) is 10.8. The topological polar surface area (TPSA) is 58.3 Å². The van der Waals surface area contributed by atoms with Crippen LogP contribution in [0, 0.1) is 0 Å². The van der Waals surface area contributed by atoms with E-state index in [1.807, 2.05) is 0 Å². The first kappa shape index (κ1) is 24.7. The van der Waals surface area contributed by atoms with E-state index in [4.69, 9.17) is 4.99 Å². The minimum absolute atomic E-state index is 0. The van der Waals surface area contributed by atoms with Gasteiger partial charge in [0.2, 0.25) is 0 Å². The molecule has 0 aliphatic rings. The Morgan fingerprint density at radius 3 is 2.61 bits per heavy atom. The summed E-state index contributed by atoms with van der Waals surface area (Å²) in [5.41, 5.74) is 1.28. The molecular formula is C20H33IN6S. The molecule has 0 saturated carbocycles. The van der Waals surface area contributed by atoms with Crippen molar-refractivity contribution in [3.05, 3.63) is 42.0 Å². The molecule has 0 bridgehead atoms. The third-order valence-corrected chi connectivity index (χ3v) is 5.29. The summed E-state index contributed by atoms with van der Waals surface area (Å²) in [6.45, 7) is 8.77. The quantitative estimate of drug-likeness (QED) is 0.236. The van der Waals surface area contributed by atoms with Gasteiger partial charge >= 0.3 is 0 Å². The van der Waals surface area contributed by atoms with Crippen LogP contribution >= 0.6 is 35.7 Å². The number of aliphatic imine (C=N–C) groups is 1. The van der Waals surface area contributed by atoms with Crippen LogP contribution in [0.25, 0.3) is 0 Å². The van der Waals surface area contributed by atoms with Crippen molar-refractivity contribution in [2.45, 2.75) is 57.6 Å². The Balaban J connectivity index is 0.00000392. The molecule has 0 amide bonds. The third-order valence-electron chi connectivity index (χ3n) is 4.54. The highest BCUT2D eigenvalue weighted by Crippen LogP contribution is 2.15. The fraction of sp³-hybridized carbons (Fsp3) is 0.550. The van der Waals surface area contributed by atoms with Crippen LogP contribution in [0.5, 0.6) is 0 Å². The first-order chi connectivity index (χ1) is 13.1. The van der Waals surface area contributed by atoms with Crippen LogP contribution in [0.4, 0.5) is 0 Å². The van der Waals surface area contributed by atoms with Crippen LogP contribution < -0.4 is 5.32 Å². The summed E-state index contributed by atoms with van der Waals surface area (Å²) in [4.78, 5) is 8.32. The number of hydrogen-bond donors (Lipinski definition) is 1. The maximum atomic E-state index is 4.84. The number of benzene rings is 1. The Morgan fingerprint density at radius 1 is 1.29 bits per heavy atom. The van der Waals surface area contributed by atoms with Crippen LogP contribution in [-0.4, -0.2) is 51.5 Å². The highest BCUT2D eigenvalue weighted by molar-refractivity contribution is 14.0. The van der Waals surface area contributed by atoms with Gasteiger partial charge in [-0.2, -0.15) is 0 Å². The molecule has 2 aromatic rings. The van der Waals surface area contributed by atoms with Gasteiger partial charge in [0, 0.05) is 37.5 Å². The molecule has 0 aliphatic heterocycles. The van der Waals surface area contributed by atoms with E-state index in [0.717, 1.165) is 37.7 Å². The SMILES string of the molecule is CCc1nncn1CCN=C(NC(C)CC)N(C)Cc1ccc(SC)cc1.I. The van der Waals surface area contributed by atoms with Crippen molar-refractivity contribution < 1.29 is 0 Å². The van der Waals surface area contributed by atoms with Gasteiger partial charge < -0.3 is 14.8 Å². The van der Waals surface area contributed by atoms with Crippen LogP contribution in [0.3, 0.4) is 0 Å². The van der Waals surface area contributed by atoms with Crippen molar-refractivity contribution in [3.8, 4) is 0 Å². The predicted molar refractivity (Wildman–Crippen MR) is 130 cm³/mol. The smallest absolute Gasteiger partial charge is 0.194 e. The molecule has 6 nitrogen and oxygen atoms in total. The van der Waals surface area contributed by atoms with Gasteiger partial charge in [-0.25, -0.2) is 0 Å². The van der Waals surface area contributed by atoms with Crippen LogP contribution in [0.15, 0.2) is 40.5 Å². The molecule has 8 heteroatoms. The maximum Gasteiger partial charge on any atom is 0.194 e. The van der Waals surface area contributed by atoms with Crippen molar-refractivity contribution in [2.75, 3.05) is 19.8 Å². The van der Waals surface area contributed by atoms with Crippen molar-refractivity contribution in [1.82, 2.24) is 25.0 Å². The second-order valence-electron chi connectivity index (χ2n) is 6.66. The molecule has 1 N–H and O–H groups in total. The molecule has 0 radical (unpaired) electrons. The van der Waals surface area contributed by atoms with Crippen LogP contribution in [0.2, 0.25) is 0 Å². The molecule has 0 aliphatic carbocycles. The number of aryl methyl sites for hydroxylation is 1. The highest BCUT2D eigenvalue weighted by atomic mass is 127. The molecule has 156 valence electrons. The van der Waals surface area contributed by atoms with Crippen molar-refractivity contribution >= 4 is 41.7 Å². The van der Waals surface area contributed by atoms with Crippen molar-refractivity contribution in [2.24, 2.45) is 4.99 Å². The summed E-state index contributed by atoms with van der Waals surface area (Å²) in [6, 6.07) is 9.10. The van der Waals surface area contributed by atoms with Crippen molar-refractivity contribution in [3.63, 3.8) is 0 Å². The van der Waals surface area contributed by atoms with Gasteiger partial charge in [0.25, 0.3) is 0 Å². The third kappa shape index (κ3) is 7.62. The van der Waals surface area contributed by atoms with E-state index >= 15 is 0 Å². The number of nitrogens with one attached hydrogen (secondary N) is 1. The van der Waals surface area contributed by atoms with E-state index in [1.54, 1.807) is 18.1 Å². The molecule has 2 rings (SSSR count). The van der Waals surface area contributed by atoms with E-state index in [1.165, 1.54) is 10.5 Å². The normalized spacial score (nSPS) is 12.4. The number of aromatic nitrogens is 3. The summed E-state index contributed by atoms with van der Waals surface area (Å²) in [6.07, 6.45) is 5.82. The van der Waals surface area contributed by atoms with Gasteiger partial charge in [-0.15, -0.1) is 45.9 Å². The van der Waals surface area contributed by atoms with Gasteiger partial charge in [-0.3, -0.25) is 4.99 Å². The Hall–Kier alpha value is -1.29. The predicted octanol–water partition coefficient (Wildman–Crippen LogP) is 4.06. The summed E-state index contributed by atoms with van der Waals surface area (Å²) >= 11 is 1.76. The molecular weight excluding hydrogens is 483 g/mol. The highest BCUT2D eigenvalue weighted by Gasteiger charge is 2.10. The zero-order chi connectivity index (χ0) is 19.6. The summed E-state index contributed by atoms with van der Waals surface area (Å²) in [7, 11) is 2.09. The number of halogens is 1. The Labute approximate surface area is 190 Å². The minimum atomic E-state index is 0. The number of nitrogens with zero attached hydrogens (tertiary/aromatic N) is 5. The van der Waals surface area contributed by atoms with Crippen LogP contribution in [0.1, 0.15) is 38.6 Å². The number of rotatable bonds is 9. The zero-order valence-electron chi connectivity index (χ0n) is 17.6. The van der Waals surface area contributed by atoms with Crippen molar-refractivity contribution in [1.29, 1.82) is 0 Å². The van der Waals surface area contributed by atoms with Gasteiger partial charge in [-0.05, 0) is 37.3 Å². The molecule has 1 atom stereocenters. The molecule has 1 heterocycles. The van der Waals surface area contributed by atoms with E-state index in [0.29, 0.717) is 12.6 Å².